The van der Waals surface area contributed by atoms with Crippen molar-refractivity contribution >= 4 is 11.8 Å². The summed E-state index contributed by atoms with van der Waals surface area (Å²) in [6, 6.07) is 22.8. The maximum absolute atomic E-state index is 12.6. The minimum Gasteiger partial charge on any atom is -0.457 e. The number of esters is 1. The number of ether oxygens (including phenoxy) is 2. The summed E-state index contributed by atoms with van der Waals surface area (Å²) in [7, 11) is 0. The Morgan fingerprint density at radius 2 is 1.36 bits per heavy atom. The average Bonchev–Trinajstić information content (AvgIpc) is 2.62. The van der Waals surface area contributed by atoms with Gasteiger partial charge in [-0.3, -0.25) is 9.59 Å². The molecule has 0 amide bonds. The van der Waals surface area contributed by atoms with Crippen LogP contribution < -0.4 is 9.47 Å². The molecule has 0 saturated carbocycles. The van der Waals surface area contributed by atoms with E-state index >= 15 is 0 Å². The second-order valence-corrected chi connectivity index (χ2v) is 5.39. The molecule has 0 unspecified atom stereocenters. The van der Waals surface area contributed by atoms with Crippen molar-refractivity contribution in [1.82, 2.24) is 0 Å². The van der Waals surface area contributed by atoms with E-state index in [4.69, 9.17) is 9.47 Å². The Balaban J connectivity index is 1.78. The highest BCUT2D eigenvalue weighted by Crippen LogP contribution is 2.23. The molecule has 0 heterocycles. The first-order valence-corrected chi connectivity index (χ1v) is 7.78. The van der Waals surface area contributed by atoms with Gasteiger partial charge in [-0.15, -0.1) is 0 Å². The van der Waals surface area contributed by atoms with E-state index in [9.17, 15) is 9.59 Å². The van der Waals surface area contributed by atoms with Crippen molar-refractivity contribution in [1.29, 1.82) is 0 Å². The Morgan fingerprint density at radius 1 is 0.680 bits per heavy atom. The van der Waals surface area contributed by atoms with Crippen molar-refractivity contribution < 1.29 is 19.1 Å². The highest BCUT2D eigenvalue weighted by Gasteiger charge is 2.11. The Bertz CT molecular complexity index is 883. The summed E-state index contributed by atoms with van der Waals surface area (Å²) in [5.74, 6) is 1.18. The molecule has 124 valence electrons. The Kier molecular flexibility index (Phi) is 4.90. The lowest BCUT2D eigenvalue weighted by Gasteiger charge is -2.08. The van der Waals surface area contributed by atoms with E-state index in [0.717, 1.165) is 0 Å². The van der Waals surface area contributed by atoms with Crippen molar-refractivity contribution in [3.8, 4) is 17.2 Å². The summed E-state index contributed by atoms with van der Waals surface area (Å²) in [5, 5.41) is 0. The van der Waals surface area contributed by atoms with Crippen molar-refractivity contribution in [2.24, 2.45) is 0 Å². The van der Waals surface area contributed by atoms with Gasteiger partial charge in [-0.05, 0) is 48.5 Å². The van der Waals surface area contributed by atoms with Gasteiger partial charge in [0, 0.05) is 18.1 Å². The molecule has 0 fully saturated rings. The van der Waals surface area contributed by atoms with Crippen LogP contribution in [0.25, 0.3) is 0 Å². The Hall–Kier alpha value is -3.40. The summed E-state index contributed by atoms with van der Waals surface area (Å²) in [6.07, 6.45) is 0. The normalized spacial score (nSPS) is 10.1. The maximum Gasteiger partial charge on any atom is 0.308 e. The summed E-state index contributed by atoms with van der Waals surface area (Å²) in [6.45, 7) is 1.33. The van der Waals surface area contributed by atoms with Crippen LogP contribution in [-0.4, -0.2) is 11.8 Å². The molecule has 0 N–H and O–H groups in total. The largest absolute Gasteiger partial charge is 0.457 e. The standard InChI is InChI=1S/C21H16O4/c1-15(22)24-19-12-10-16(11-13-19)21(23)17-6-5-9-20(14-17)25-18-7-3-2-4-8-18/h2-14H,1H3. The van der Waals surface area contributed by atoms with Crippen LogP contribution in [0.2, 0.25) is 0 Å². The number of carbonyl (C=O) groups is 2. The lowest BCUT2D eigenvalue weighted by molar-refractivity contribution is -0.131. The van der Waals surface area contributed by atoms with Gasteiger partial charge in [0.25, 0.3) is 0 Å². The van der Waals surface area contributed by atoms with E-state index in [-0.39, 0.29) is 5.78 Å². The fourth-order valence-electron chi connectivity index (χ4n) is 2.33. The van der Waals surface area contributed by atoms with Gasteiger partial charge in [0.05, 0.1) is 0 Å². The second-order valence-electron chi connectivity index (χ2n) is 5.39. The molecule has 3 aromatic rings. The van der Waals surface area contributed by atoms with Crippen LogP contribution in [0, 0.1) is 0 Å². The summed E-state index contributed by atoms with van der Waals surface area (Å²) >= 11 is 0. The second kappa shape index (κ2) is 7.45. The molecule has 0 aliphatic rings. The summed E-state index contributed by atoms with van der Waals surface area (Å²) in [5.41, 5.74) is 1.03. The third-order valence-corrected chi connectivity index (χ3v) is 3.45. The summed E-state index contributed by atoms with van der Waals surface area (Å²) in [4.78, 5) is 23.6. The van der Waals surface area contributed by atoms with Crippen LogP contribution in [0.3, 0.4) is 0 Å². The molecule has 4 heteroatoms. The zero-order valence-corrected chi connectivity index (χ0v) is 13.6. The molecule has 0 saturated heterocycles. The van der Waals surface area contributed by atoms with E-state index in [1.165, 1.54) is 6.92 Å². The van der Waals surface area contributed by atoms with E-state index in [0.29, 0.717) is 28.4 Å². The molecule has 0 aromatic heterocycles. The topological polar surface area (TPSA) is 52.6 Å². The van der Waals surface area contributed by atoms with Crippen molar-refractivity contribution in [2.45, 2.75) is 6.92 Å². The van der Waals surface area contributed by atoms with Gasteiger partial charge in [-0.25, -0.2) is 0 Å². The Morgan fingerprint density at radius 3 is 2.04 bits per heavy atom. The van der Waals surface area contributed by atoms with Crippen LogP contribution in [0.1, 0.15) is 22.8 Å². The van der Waals surface area contributed by atoms with E-state index in [2.05, 4.69) is 0 Å². The SMILES string of the molecule is CC(=O)Oc1ccc(C(=O)c2cccc(Oc3ccccc3)c2)cc1. The fraction of sp³-hybridized carbons (Fsp3) is 0.0476. The van der Waals surface area contributed by atoms with Gasteiger partial charge in [0.15, 0.2) is 5.78 Å². The molecule has 3 rings (SSSR count). The van der Waals surface area contributed by atoms with Gasteiger partial charge < -0.3 is 9.47 Å². The lowest BCUT2D eigenvalue weighted by atomic mass is 10.0. The number of carbonyl (C=O) groups excluding carboxylic acids is 2. The first-order chi connectivity index (χ1) is 12.1. The molecule has 3 aromatic carbocycles. The number of hydrogen-bond donors (Lipinski definition) is 0. The van der Waals surface area contributed by atoms with E-state index in [1.807, 2.05) is 30.3 Å². The third-order valence-electron chi connectivity index (χ3n) is 3.45. The number of benzene rings is 3. The number of ketones is 1. The molecule has 0 spiro atoms. The van der Waals surface area contributed by atoms with Crippen LogP contribution in [-0.2, 0) is 4.79 Å². The van der Waals surface area contributed by atoms with Gasteiger partial charge in [-0.2, -0.15) is 0 Å². The Labute approximate surface area is 145 Å². The highest BCUT2D eigenvalue weighted by molar-refractivity contribution is 6.09. The van der Waals surface area contributed by atoms with Crippen molar-refractivity contribution in [3.05, 3.63) is 90.0 Å². The number of para-hydroxylation sites is 1. The van der Waals surface area contributed by atoms with Crippen molar-refractivity contribution in [3.63, 3.8) is 0 Å². The molecule has 25 heavy (non-hydrogen) atoms. The predicted molar refractivity (Wildman–Crippen MR) is 94.1 cm³/mol. The monoisotopic (exact) mass is 332 g/mol. The fourth-order valence-corrected chi connectivity index (χ4v) is 2.33. The zero-order valence-electron chi connectivity index (χ0n) is 13.6. The van der Waals surface area contributed by atoms with Crippen LogP contribution in [0.15, 0.2) is 78.9 Å². The first-order valence-electron chi connectivity index (χ1n) is 7.78. The van der Waals surface area contributed by atoms with Crippen LogP contribution >= 0.6 is 0 Å². The molecule has 0 bridgehead atoms. The first kappa shape index (κ1) is 16.5. The van der Waals surface area contributed by atoms with Gasteiger partial charge in [-0.1, -0.05) is 30.3 Å². The van der Waals surface area contributed by atoms with Crippen LogP contribution in [0.5, 0.6) is 17.2 Å². The van der Waals surface area contributed by atoms with Crippen LogP contribution in [0.4, 0.5) is 0 Å². The molecule has 0 aliphatic carbocycles. The minimum atomic E-state index is -0.398. The van der Waals surface area contributed by atoms with E-state index in [1.54, 1.807) is 48.5 Å². The molecule has 0 atom stereocenters. The quantitative estimate of drug-likeness (QED) is 0.388. The molecular weight excluding hydrogens is 316 g/mol. The van der Waals surface area contributed by atoms with Crippen molar-refractivity contribution in [2.75, 3.05) is 0 Å². The molecular formula is C21H16O4. The lowest BCUT2D eigenvalue weighted by Crippen LogP contribution is -2.03. The average molecular weight is 332 g/mol. The maximum atomic E-state index is 12.6. The molecule has 4 nitrogen and oxygen atoms in total. The van der Waals surface area contributed by atoms with Gasteiger partial charge in [0.1, 0.15) is 17.2 Å². The van der Waals surface area contributed by atoms with E-state index < -0.39 is 5.97 Å². The zero-order chi connectivity index (χ0) is 17.6. The summed E-state index contributed by atoms with van der Waals surface area (Å²) < 4.78 is 10.7. The third kappa shape index (κ3) is 4.32. The highest BCUT2D eigenvalue weighted by atomic mass is 16.5. The number of hydrogen-bond acceptors (Lipinski definition) is 4. The smallest absolute Gasteiger partial charge is 0.308 e. The number of rotatable bonds is 5. The van der Waals surface area contributed by atoms with Gasteiger partial charge >= 0.3 is 5.97 Å². The molecule has 0 aliphatic heterocycles. The predicted octanol–water partition coefficient (Wildman–Crippen LogP) is 4.64. The molecule has 0 radical (unpaired) electrons. The minimum absolute atomic E-state index is 0.132. The van der Waals surface area contributed by atoms with Gasteiger partial charge in [0.2, 0.25) is 0 Å².